The Hall–Kier alpha value is -3.59. The minimum absolute atomic E-state index is 0.0675. The highest BCUT2D eigenvalue weighted by Gasteiger charge is 2.58. The molecule has 0 aliphatic carbocycles. The normalized spacial score (nSPS) is 23.8. The van der Waals surface area contributed by atoms with Crippen LogP contribution in [0.5, 0.6) is 5.75 Å². The van der Waals surface area contributed by atoms with Crippen LogP contribution in [0.1, 0.15) is 91.0 Å². The molecule has 4 rings (SSSR count). The van der Waals surface area contributed by atoms with Crippen molar-refractivity contribution >= 4 is 18.0 Å². The van der Waals surface area contributed by atoms with Crippen molar-refractivity contribution in [1.29, 1.82) is 0 Å². The van der Waals surface area contributed by atoms with E-state index in [9.17, 15) is 19.5 Å². The Morgan fingerprint density at radius 3 is 2.26 bits per heavy atom. The van der Waals surface area contributed by atoms with Gasteiger partial charge in [0.25, 0.3) is 0 Å². The third kappa shape index (κ3) is 7.68. The van der Waals surface area contributed by atoms with Gasteiger partial charge in [0, 0.05) is 37.2 Å². The Morgan fingerprint density at radius 1 is 1.02 bits per heavy atom. The molecular weight excluding hydrogens is 582 g/mol. The van der Waals surface area contributed by atoms with Crippen LogP contribution in [0.3, 0.4) is 0 Å². The van der Waals surface area contributed by atoms with Gasteiger partial charge in [0.1, 0.15) is 11.8 Å². The molecule has 2 N–H and O–H groups in total. The van der Waals surface area contributed by atoms with Crippen molar-refractivity contribution in [2.24, 2.45) is 17.3 Å². The molecule has 0 radical (unpaired) electrons. The number of likely N-dealkylation sites (tertiary alicyclic amines) is 2. The van der Waals surface area contributed by atoms with Crippen molar-refractivity contribution < 1.29 is 29.0 Å². The molecule has 0 aromatic heterocycles. The molecule has 2 aliphatic rings. The lowest BCUT2D eigenvalue weighted by Gasteiger charge is -2.38. The van der Waals surface area contributed by atoms with Gasteiger partial charge in [-0.1, -0.05) is 84.0 Å². The van der Waals surface area contributed by atoms with Gasteiger partial charge in [0.15, 0.2) is 0 Å². The Balaban J connectivity index is 1.78. The van der Waals surface area contributed by atoms with E-state index in [1.807, 2.05) is 57.2 Å². The molecular formula is C37H53N3O6. The van der Waals surface area contributed by atoms with Gasteiger partial charge in [-0.2, -0.15) is 0 Å². The first-order valence-corrected chi connectivity index (χ1v) is 16.5. The summed E-state index contributed by atoms with van der Waals surface area (Å²) in [7, 11) is 1.65. The number of piperidine rings is 1. The number of benzene rings is 2. The standard InChI is InChI=1S/C37H53N3O6/c1-23(2)46-35(44)39-19-13-16-25(22-39)33(41)40-31(24-14-11-10-12-15-24)30(29(37(6,7)8)32(40)34(42)43)38-21-26-20-27(36(3,4)5)17-18-28(26)45-9/h10-12,14-15,17-18,20,23,25,29-32,38H,13,16,19,21-22H2,1-9H3,(H,42,43)/t25-,29+,30+,31+,32+/m1/s1. The molecule has 0 saturated carbocycles. The maximum absolute atomic E-state index is 14.7. The summed E-state index contributed by atoms with van der Waals surface area (Å²) < 4.78 is 11.2. The first-order chi connectivity index (χ1) is 21.5. The molecule has 2 saturated heterocycles. The second-order valence-electron chi connectivity index (χ2n) is 15.2. The van der Waals surface area contributed by atoms with Gasteiger partial charge in [0.2, 0.25) is 5.91 Å². The fraction of sp³-hybridized carbons (Fsp3) is 0.595. The lowest BCUT2D eigenvalue weighted by molar-refractivity contribution is -0.154. The molecule has 2 amide bonds. The van der Waals surface area contributed by atoms with E-state index in [1.54, 1.807) is 30.8 Å². The Kier molecular flexibility index (Phi) is 10.8. The molecule has 0 bridgehead atoms. The number of hydrogen-bond donors (Lipinski definition) is 2. The van der Waals surface area contributed by atoms with Crippen LogP contribution in [0, 0.1) is 17.3 Å². The molecule has 2 fully saturated rings. The van der Waals surface area contributed by atoms with Gasteiger partial charge >= 0.3 is 12.1 Å². The maximum atomic E-state index is 14.7. The minimum Gasteiger partial charge on any atom is -0.496 e. The third-order valence-corrected chi connectivity index (χ3v) is 9.36. The Bertz CT molecular complexity index is 1380. The minimum atomic E-state index is -1.07. The van der Waals surface area contributed by atoms with Gasteiger partial charge in [-0.25, -0.2) is 9.59 Å². The van der Waals surface area contributed by atoms with E-state index < -0.39 is 41.4 Å². The second kappa shape index (κ2) is 14.0. The van der Waals surface area contributed by atoms with Crippen molar-refractivity contribution in [3.8, 4) is 5.75 Å². The molecule has 9 nitrogen and oxygen atoms in total. The van der Waals surface area contributed by atoms with Crippen LogP contribution < -0.4 is 10.1 Å². The van der Waals surface area contributed by atoms with E-state index in [0.29, 0.717) is 25.9 Å². The smallest absolute Gasteiger partial charge is 0.410 e. The predicted molar refractivity (Wildman–Crippen MR) is 179 cm³/mol. The molecule has 0 spiro atoms. The van der Waals surface area contributed by atoms with E-state index >= 15 is 0 Å². The van der Waals surface area contributed by atoms with E-state index in [4.69, 9.17) is 9.47 Å². The van der Waals surface area contributed by atoms with Crippen molar-refractivity contribution in [2.45, 2.75) is 104 Å². The van der Waals surface area contributed by atoms with Gasteiger partial charge in [-0.3, -0.25) is 4.79 Å². The number of carboxylic acid groups (broad SMARTS) is 1. The van der Waals surface area contributed by atoms with Gasteiger partial charge < -0.3 is 29.7 Å². The zero-order chi connectivity index (χ0) is 34.0. The molecule has 2 heterocycles. The van der Waals surface area contributed by atoms with E-state index in [0.717, 1.165) is 16.9 Å². The fourth-order valence-electron chi connectivity index (χ4n) is 7.17. The van der Waals surface area contributed by atoms with Crippen molar-refractivity contribution in [3.05, 3.63) is 65.2 Å². The molecule has 252 valence electrons. The third-order valence-electron chi connectivity index (χ3n) is 9.36. The first-order valence-electron chi connectivity index (χ1n) is 16.5. The van der Waals surface area contributed by atoms with Crippen LogP contribution >= 0.6 is 0 Å². The highest BCUT2D eigenvalue weighted by atomic mass is 16.6. The SMILES string of the molecule is COc1ccc(C(C)(C)C)cc1CN[C@H]1[C@H](C(C)(C)C)[C@@H](C(=O)O)N(C(=O)[C@@H]2CCCN(C(=O)OC(C)C)C2)[C@H]1c1ccccc1. The lowest BCUT2D eigenvalue weighted by atomic mass is 9.72. The first kappa shape index (κ1) is 35.3. The Labute approximate surface area is 274 Å². The number of nitrogens with one attached hydrogen (secondary N) is 1. The monoisotopic (exact) mass is 635 g/mol. The summed E-state index contributed by atoms with van der Waals surface area (Å²) in [5.41, 5.74) is 2.47. The summed E-state index contributed by atoms with van der Waals surface area (Å²) in [6.45, 7) is 17.4. The second-order valence-corrected chi connectivity index (χ2v) is 15.2. The summed E-state index contributed by atoms with van der Waals surface area (Å²) in [6.07, 6.45) is 0.494. The molecule has 2 aliphatic heterocycles. The van der Waals surface area contributed by atoms with E-state index in [2.05, 4.69) is 38.2 Å². The number of hydrogen-bond acceptors (Lipinski definition) is 6. The largest absolute Gasteiger partial charge is 0.496 e. The molecule has 0 unspecified atom stereocenters. The van der Waals surface area contributed by atoms with Crippen molar-refractivity contribution in [2.75, 3.05) is 20.2 Å². The molecule has 9 heteroatoms. The number of carboxylic acids is 1. The van der Waals surface area contributed by atoms with E-state index in [-0.39, 0.29) is 30.0 Å². The van der Waals surface area contributed by atoms with Crippen molar-refractivity contribution in [3.63, 3.8) is 0 Å². The number of rotatable bonds is 8. The number of carbonyl (C=O) groups is 3. The maximum Gasteiger partial charge on any atom is 0.410 e. The van der Waals surface area contributed by atoms with Crippen LogP contribution in [0.25, 0.3) is 0 Å². The summed E-state index contributed by atoms with van der Waals surface area (Å²) in [5.74, 6) is -1.49. The summed E-state index contributed by atoms with van der Waals surface area (Å²) in [4.78, 5) is 44.0. The summed E-state index contributed by atoms with van der Waals surface area (Å²) in [5, 5.41) is 14.6. The lowest BCUT2D eigenvalue weighted by Crippen LogP contribution is -2.52. The van der Waals surface area contributed by atoms with Crippen LogP contribution in [-0.4, -0.2) is 71.3 Å². The van der Waals surface area contributed by atoms with E-state index in [1.165, 1.54) is 5.56 Å². The number of nitrogens with zero attached hydrogens (tertiary/aromatic N) is 2. The Morgan fingerprint density at radius 2 is 1.70 bits per heavy atom. The predicted octanol–water partition coefficient (Wildman–Crippen LogP) is 6.41. The van der Waals surface area contributed by atoms with Crippen LogP contribution in [0.15, 0.2) is 48.5 Å². The number of aliphatic carboxylic acids is 1. The fourth-order valence-corrected chi connectivity index (χ4v) is 7.17. The zero-order valence-corrected chi connectivity index (χ0v) is 29.0. The average molecular weight is 636 g/mol. The molecule has 2 aromatic rings. The van der Waals surface area contributed by atoms with Crippen molar-refractivity contribution in [1.82, 2.24) is 15.1 Å². The van der Waals surface area contributed by atoms with Crippen LogP contribution in [0.4, 0.5) is 4.79 Å². The number of methoxy groups -OCH3 is 1. The van der Waals surface area contributed by atoms with Crippen LogP contribution in [-0.2, 0) is 26.3 Å². The van der Waals surface area contributed by atoms with Gasteiger partial charge in [0.05, 0.1) is 25.2 Å². The van der Waals surface area contributed by atoms with Gasteiger partial charge in [-0.15, -0.1) is 0 Å². The summed E-state index contributed by atoms with van der Waals surface area (Å²) in [6, 6.07) is 13.9. The molecule has 2 aromatic carbocycles. The molecule has 46 heavy (non-hydrogen) atoms. The average Bonchev–Trinajstić information content (AvgIpc) is 3.35. The quantitative estimate of drug-likeness (QED) is 0.345. The zero-order valence-electron chi connectivity index (χ0n) is 29.0. The van der Waals surface area contributed by atoms with Gasteiger partial charge in [-0.05, 0) is 54.7 Å². The number of ether oxygens (including phenoxy) is 2. The number of carbonyl (C=O) groups excluding carboxylic acids is 2. The van der Waals surface area contributed by atoms with Crippen LogP contribution in [0.2, 0.25) is 0 Å². The summed E-state index contributed by atoms with van der Waals surface area (Å²) >= 11 is 0. The highest BCUT2D eigenvalue weighted by molar-refractivity contribution is 5.87. The number of amides is 2. The highest BCUT2D eigenvalue weighted by Crippen LogP contribution is 2.49. The topological polar surface area (TPSA) is 108 Å². The molecule has 5 atom stereocenters.